The zero-order valence-corrected chi connectivity index (χ0v) is 16.7. The van der Waals surface area contributed by atoms with E-state index in [2.05, 4.69) is 11.6 Å². The SMILES string of the molecule is C=CCN(C(=O)COC(=O)c1ccccc1OC)c1nc(-c2ccccc2)cs1. The van der Waals surface area contributed by atoms with Crippen molar-refractivity contribution in [1.29, 1.82) is 0 Å². The zero-order chi connectivity index (χ0) is 20.6. The molecule has 0 fully saturated rings. The summed E-state index contributed by atoms with van der Waals surface area (Å²) >= 11 is 1.34. The summed E-state index contributed by atoms with van der Waals surface area (Å²) in [5.41, 5.74) is 2.00. The Hall–Kier alpha value is -3.45. The molecule has 7 heteroatoms. The van der Waals surface area contributed by atoms with E-state index in [0.29, 0.717) is 10.9 Å². The summed E-state index contributed by atoms with van der Waals surface area (Å²) in [6, 6.07) is 16.4. The first-order chi connectivity index (χ1) is 14.1. The third kappa shape index (κ3) is 4.89. The van der Waals surface area contributed by atoms with E-state index in [1.54, 1.807) is 30.3 Å². The van der Waals surface area contributed by atoms with Crippen molar-refractivity contribution in [1.82, 2.24) is 4.98 Å². The first kappa shape index (κ1) is 20.3. The second kappa shape index (κ2) is 9.66. The van der Waals surface area contributed by atoms with Gasteiger partial charge in [0.15, 0.2) is 11.7 Å². The first-order valence-corrected chi connectivity index (χ1v) is 9.74. The van der Waals surface area contributed by atoms with Crippen LogP contribution in [0.4, 0.5) is 5.13 Å². The van der Waals surface area contributed by atoms with Crippen LogP contribution in [-0.2, 0) is 9.53 Å². The number of nitrogens with zero attached hydrogens (tertiary/aromatic N) is 2. The van der Waals surface area contributed by atoms with Gasteiger partial charge in [-0.1, -0.05) is 48.5 Å². The van der Waals surface area contributed by atoms with E-state index in [-0.39, 0.29) is 18.0 Å². The first-order valence-electron chi connectivity index (χ1n) is 8.86. The van der Waals surface area contributed by atoms with Gasteiger partial charge in [0.25, 0.3) is 5.91 Å². The van der Waals surface area contributed by atoms with Crippen LogP contribution in [0.1, 0.15) is 10.4 Å². The molecular weight excluding hydrogens is 388 g/mol. The second-order valence-electron chi connectivity index (χ2n) is 5.95. The number of carbonyl (C=O) groups excluding carboxylic acids is 2. The lowest BCUT2D eigenvalue weighted by atomic mass is 10.2. The van der Waals surface area contributed by atoms with Gasteiger partial charge in [0.05, 0.1) is 12.8 Å². The van der Waals surface area contributed by atoms with Crippen LogP contribution < -0.4 is 9.64 Å². The van der Waals surface area contributed by atoms with Crippen molar-refractivity contribution in [2.45, 2.75) is 0 Å². The maximum Gasteiger partial charge on any atom is 0.342 e. The van der Waals surface area contributed by atoms with Crippen molar-refractivity contribution in [3.63, 3.8) is 0 Å². The molecule has 0 atom stereocenters. The molecule has 0 aliphatic rings. The standard InChI is InChI=1S/C22H20N2O4S/c1-3-13-24(22-23-18(15-29-22)16-9-5-4-6-10-16)20(25)14-28-21(26)17-11-7-8-12-19(17)27-2/h3-12,15H,1,13-14H2,2H3. The summed E-state index contributed by atoms with van der Waals surface area (Å²) in [6.07, 6.45) is 1.60. The van der Waals surface area contributed by atoms with Crippen LogP contribution in [-0.4, -0.2) is 37.1 Å². The largest absolute Gasteiger partial charge is 0.496 e. The minimum absolute atomic E-state index is 0.257. The molecule has 0 spiro atoms. The lowest BCUT2D eigenvalue weighted by Gasteiger charge is -2.18. The predicted molar refractivity (Wildman–Crippen MR) is 113 cm³/mol. The molecule has 3 aromatic rings. The summed E-state index contributed by atoms with van der Waals surface area (Å²) in [5.74, 6) is -0.624. The summed E-state index contributed by atoms with van der Waals surface area (Å²) in [6.45, 7) is 3.54. The quantitative estimate of drug-likeness (QED) is 0.413. The fraction of sp³-hybridized carbons (Fsp3) is 0.136. The number of hydrogen-bond donors (Lipinski definition) is 0. The molecule has 0 bridgehead atoms. The third-order valence-electron chi connectivity index (χ3n) is 4.06. The van der Waals surface area contributed by atoms with Crippen molar-refractivity contribution in [3.05, 3.63) is 78.2 Å². The molecule has 3 rings (SSSR count). The lowest BCUT2D eigenvalue weighted by Crippen LogP contribution is -2.34. The highest BCUT2D eigenvalue weighted by atomic mass is 32.1. The number of rotatable bonds is 8. The number of carbonyl (C=O) groups is 2. The number of amides is 1. The number of thiazole rings is 1. The van der Waals surface area contributed by atoms with Gasteiger partial charge in [-0.15, -0.1) is 17.9 Å². The van der Waals surface area contributed by atoms with Crippen LogP contribution in [0.25, 0.3) is 11.3 Å². The normalized spacial score (nSPS) is 10.2. The van der Waals surface area contributed by atoms with Crippen LogP contribution in [0.5, 0.6) is 5.75 Å². The number of para-hydroxylation sites is 1. The number of methoxy groups -OCH3 is 1. The van der Waals surface area contributed by atoms with E-state index >= 15 is 0 Å². The van der Waals surface area contributed by atoms with Crippen molar-refractivity contribution < 1.29 is 19.1 Å². The molecule has 0 N–H and O–H groups in total. The zero-order valence-electron chi connectivity index (χ0n) is 15.9. The van der Waals surface area contributed by atoms with Gasteiger partial charge in [-0.2, -0.15) is 0 Å². The molecule has 6 nitrogen and oxygen atoms in total. The molecular formula is C22H20N2O4S. The average Bonchev–Trinajstić information content (AvgIpc) is 3.26. The fourth-order valence-electron chi connectivity index (χ4n) is 2.64. The summed E-state index contributed by atoms with van der Waals surface area (Å²) in [7, 11) is 1.47. The molecule has 0 saturated carbocycles. The maximum atomic E-state index is 12.7. The molecule has 29 heavy (non-hydrogen) atoms. The van der Waals surface area contributed by atoms with Gasteiger partial charge in [0.2, 0.25) is 0 Å². The summed E-state index contributed by atoms with van der Waals surface area (Å²) in [4.78, 5) is 31.0. The minimum Gasteiger partial charge on any atom is -0.496 e. The Kier molecular flexibility index (Phi) is 6.76. The lowest BCUT2D eigenvalue weighted by molar-refractivity contribution is -0.121. The predicted octanol–water partition coefficient (Wildman–Crippen LogP) is 4.19. The van der Waals surface area contributed by atoms with Crippen molar-refractivity contribution in [2.24, 2.45) is 0 Å². The second-order valence-corrected chi connectivity index (χ2v) is 6.79. The molecule has 0 aliphatic carbocycles. The third-order valence-corrected chi connectivity index (χ3v) is 4.92. The topological polar surface area (TPSA) is 68.7 Å². The van der Waals surface area contributed by atoms with Gasteiger partial charge in [-0.05, 0) is 12.1 Å². The Morgan fingerprint density at radius 1 is 1.14 bits per heavy atom. The minimum atomic E-state index is -0.626. The van der Waals surface area contributed by atoms with Gasteiger partial charge < -0.3 is 9.47 Å². The highest BCUT2D eigenvalue weighted by molar-refractivity contribution is 7.14. The van der Waals surface area contributed by atoms with Crippen LogP contribution in [0.15, 0.2) is 72.6 Å². The van der Waals surface area contributed by atoms with Crippen molar-refractivity contribution in [3.8, 4) is 17.0 Å². The average molecular weight is 408 g/mol. The van der Waals surface area contributed by atoms with E-state index in [0.717, 1.165) is 11.3 Å². The Bertz CT molecular complexity index is 1000. The van der Waals surface area contributed by atoms with Crippen molar-refractivity contribution in [2.75, 3.05) is 25.2 Å². The van der Waals surface area contributed by atoms with Gasteiger partial charge in [-0.25, -0.2) is 9.78 Å². The number of anilines is 1. The highest BCUT2D eigenvalue weighted by Crippen LogP contribution is 2.27. The Labute approximate surface area is 173 Å². The van der Waals surface area contributed by atoms with E-state index in [9.17, 15) is 9.59 Å². The van der Waals surface area contributed by atoms with Gasteiger partial charge in [0, 0.05) is 17.5 Å². The molecule has 148 valence electrons. The van der Waals surface area contributed by atoms with Crippen LogP contribution in [0, 0.1) is 0 Å². The Balaban J connectivity index is 1.71. The number of ether oxygens (including phenoxy) is 2. The van der Waals surface area contributed by atoms with Gasteiger partial charge in [-0.3, -0.25) is 9.69 Å². The van der Waals surface area contributed by atoms with Gasteiger partial charge in [0.1, 0.15) is 11.3 Å². The monoisotopic (exact) mass is 408 g/mol. The molecule has 0 saturated heterocycles. The molecule has 0 radical (unpaired) electrons. The summed E-state index contributed by atoms with van der Waals surface area (Å²) < 4.78 is 10.4. The Morgan fingerprint density at radius 3 is 2.59 bits per heavy atom. The summed E-state index contributed by atoms with van der Waals surface area (Å²) in [5, 5.41) is 2.40. The number of hydrogen-bond acceptors (Lipinski definition) is 6. The number of benzene rings is 2. The molecule has 1 heterocycles. The Morgan fingerprint density at radius 2 is 1.86 bits per heavy atom. The molecule has 1 amide bonds. The fourth-order valence-corrected chi connectivity index (χ4v) is 3.50. The van der Waals surface area contributed by atoms with E-state index < -0.39 is 12.6 Å². The molecule has 1 aromatic heterocycles. The number of aromatic nitrogens is 1. The number of esters is 1. The van der Waals surface area contributed by atoms with Crippen molar-refractivity contribution >= 4 is 28.3 Å². The van der Waals surface area contributed by atoms with Gasteiger partial charge >= 0.3 is 5.97 Å². The van der Waals surface area contributed by atoms with E-state index in [1.165, 1.54) is 23.3 Å². The van der Waals surface area contributed by atoms with Crippen LogP contribution in [0.3, 0.4) is 0 Å². The molecule has 2 aromatic carbocycles. The van der Waals surface area contributed by atoms with E-state index in [1.807, 2.05) is 35.7 Å². The van der Waals surface area contributed by atoms with E-state index in [4.69, 9.17) is 9.47 Å². The highest BCUT2D eigenvalue weighted by Gasteiger charge is 2.21. The smallest absolute Gasteiger partial charge is 0.342 e. The molecule has 0 aliphatic heterocycles. The maximum absolute atomic E-state index is 12.7. The van der Waals surface area contributed by atoms with Crippen LogP contribution >= 0.6 is 11.3 Å². The molecule has 0 unspecified atom stereocenters. The van der Waals surface area contributed by atoms with Crippen LogP contribution in [0.2, 0.25) is 0 Å².